The van der Waals surface area contributed by atoms with Gasteiger partial charge in [-0.15, -0.1) is 0 Å². The lowest BCUT2D eigenvalue weighted by Crippen LogP contribution is -2.75. The minimum absolute atomic E-state index is 0.592. The third-order valence-corrected chi connectivity index (χ3v) is 21.8. The van der Waals surface area contributed by atoms with E-state index in [4.69, 9.17) is 0 Å². The second-order valence-electron chi connectivity index (χ2n) is 28.3. The Morgan fingerprint density at radius 2 is 0.417 bits per heavy atom. The Kier molecular flexibility index (Phi) is 4.86. The molecule has 16 aliphatic carbocycles. The lowest BCUT2D eigenvalue weighted by atomic mass is 9.20. The SMILES string of the molecule is C[C@]12CC3(C45CC6(C78CC9C[C@@](C)(C7)C[C@](C)(C9)C8)C[C@](C)(C4)C[C@](C)(C5)C6)CC(C45CC6C[C@@](C)(C4)C[C@](C)(C6)C5)(C1)C[C@@](C)(C3)C2. The topological polar surface area (TPSA) is 0 Å². The zero-order valence-electron chi connectivity index (χ0n) is 33.1. The fraction of sp³-hybridized carbons (Fsp3) is 1.00. The Morgan fingerprint density at radius 1 is 0.208 bits per heavy atom. The van der Waals surface area contributed by atoms with E-state index in [1.54, 1.807) is 154 Å². The maximum atomic E-state index is 2.90. The zero-order chi connectivity index (χ0) is 33.1. The van der Waals surface area contributed by atoms with Crippen LogP contribution in [0.5, 0.6) is 0 Å². The Balaban J connectivity index is 1.03. The van der Waals surface area contributed by atoms with Crippen LogP contribution in [0.4, 0.5) is 0 Å². The monoisotopic (exact) mass is 651 g/mol. The molecule has 0 heteroatoms. The average molecular weight is 651 g/mol. The molecule has 0 aromatic carbocycles. The maximum Gasteiger partial charge on any atom is -0.0224 e. The molecular weight excluding hydrogens is 577 g/mol. The van der Waals surface area contributed by atoms with E-state index in [-0.39, 0.29) is 0 Å². The second-order valence-corrected chi connectivity index (χ2v) is 28.3. The fourth-order valence-corrected chi connectivity index (χ4v) is 25.7. The molecule has 0 N–H and O–H groups in total. The van der Waals surface area contributed by atoms with E-state index in [1.807, 2.05) is 0 Å². The van der Waals surface area contributed by atoms with Gasteiger partial charge in [0.15, 0.2) is 0 Å². The van der Waals surface area contributed by atoms with Gasteiger partial charge in [0.05, 0.1) is 0 Å². The third-order valence-electron chi connectivity index (χ3n) is 21.8. The van der Waals surface area contributed by atoms with Crippen LogP contribution in [0, 0.1) is 87.6 Å². The summed E-state index contributed by atoms with van der Waals surface area (Å²) < 4.78 is 0. The molecule has 0 saturated heterocycles. The first-order chi connectivity index (χ1) is 22.0. The zero-order valence-corrected chi connectivity index (χ0v) is 33.1. The van der Waals surface area contributed by atoms with Gasteiger partial charge in [0, 0.05) is 0 Å². The largest absolute Gasteiger partial charge is 0.0596 e. The highest BCUT2D eigenvalue weighted by molar-refractivity contribution is 5.31. The molecule has 0 radical (unpaired) electrons. The van der Waals surface area contributed by atoms with Gasteiger partial charge in [-0.05, 0) is 242 Å². The number of rotatable bonds is 3. The highest BCUT2D eigenvalue weighted by atomic mass is 14.9. The number of hydrogen-bond acceptors (Lipinski definition) is 0. The molecule has 266 valence electrons. The molecule has 0 heterocycles. The van der Waals surface area contributed by atoms with E-state index in [0.717, 1.165) is 11.8 Å². The van der Waals surface area contributed by atoms with Crippen LogP contribution in [-0.2, 0) is 0 Å². The van der Waals surface area contributed by atoms with Crippen molar-refractivity contribution >= 4 is 0 Å². The summed E-state index contributed by atoms with van der Waals surface area (Å²) >= 11 is 0. The van der Waals surface area contributed by atoms with Crippen molar-refractivity contribution in [1.29, 1.82) is 0 Å². The molecule has 0 spiro atoms. The highest BCUT2D eigenvalue weighted by Gasteiger charge is 2.81. The van der Waals surface area contributed by atoms with Gasteiger partial charge in [-0.3, -0.25) is 0 Å². The average Bonchev–Trinajstić information content (AvgIpc) is 2.80. The van der Waals surface area contributed by atoms with Crippen molar-refractivity contribution in [2.75, 3.05) is 0 Å². The van der Waals surface area contributed by atoms with Crippen molar-refractivity contribution in [2.24, 2.45) is 87.6 Å². The lowest BCUT2D eigenvalue weighted by molar-refractivity contribution is -0.349. The van der Waals surface area contributed by atoms with E-state index in [2.05, 4.69) is 55.4 Å². The standard InChI is InChI=1S/C48H74/c1-35-9-33-10-36(2,15-35)20-43(13-33,19-35)45-23-39(5)17-40(6,24-45)28-47(27-39,31-45)48-29-41(7)18-42(8,30-48)26-46(25-41,32-48)44-14-34-11-37(3,21-44)16-38(4,12-34)22-44/h33-34H,9-32H2,1-8H3/t33?,34?,35-,36+,37-,38+,39-,40+,41-,42+,43?,44?,45?,46?,47?,48?. The molecule has 16 saturated carbocycles. The van der Waals surface area contributed by atoms with Crippen molar-refractivity contribution < 1.29 is 0 Å². The molecule has 16 atom stereocenters. The van der Waals surface area contributed by atoms with Crippen molar-refractivity contribution in [3.8, 4) is 0 Å². The van der Waals surface area contributed by atoms with Crippen LogP contribution in [0.2, 0.25) is 0 Å². The molecule has 16 fully saturated rings. The summed E-state index contributed by atoms with van der Waals surface area (Å²) in [6.07, 6.45) is 38.6. The van der Waals surface area contributed by atoms with Crippen LogP contribution >= 0.6 is 0 Å². The molecule has 0 aliphatic heterocycles. The fourth-order valence-electron chi connectivity index (χ4n) is 25.7. The highest BCUT2D eigenvalue weighted by Crippen LogP contribution is 2.91. The molecule has 0 nitrogen and oxygen atoms in total. The predicted molar refractivity (Wildman–Crippen MR) is 197 cm³/mol. The second kappa shape index (κ2) is 7.65. The van der Waals surface area contributed by atoms with Gasteiger partial charge < -0.3 is 0 Å². The third kappa shape index (κ3) is 3.42. The van der Waals surface area contributed by atoms with E-state index in [9.17, 15) is 0 Å². The van der Waals surface area contributed by atoms with Gasteiger partial charge in [-0.1, -0.05) is 55.4 Å². The Morgan fingerprint density at radius 3 is 0.667 bits per heavy atom. The molecule has 16 bridgehead atoms. The van der Waals surface area contributed by atoms with Crippen LogP contribution in [0.1, 0.15) is 209 Å². The van der Waals surface area contributed by atoms with Crippen molar-refractivity contribution in [3.63, 3.8) is 0 Å². The quantitative estimate of drug-likeness (QED) is 0.285. The van der Waals surface area contributed by atoms with Crippen LogP contribution in [0.25, 0.3) is 0 Å². The lowest BCUT2D eigenvalue weighted by Gasteiger charge is -2.84. The van der Waals surface area contributed by atoms with Gasteiger partial charge in [0.2, 0.25) is 0 Å². The summed E-state index contributed by atoms with van der Waals surface area (Å²) in [6, 6.07) is 0. The summed E-state index contributed by atoms with van der Waals surface area (Å²) in [5, 5.41) is 0. The van der Waals surface area contributed by atoms with E-state index < -0.39 is 0 Å². The maximum absolute atomic E-state index is 2.90. The van der Waals surface area contributed by atoms with Crippen LogP contribution < -0.4 is 0 Å². The van der Waals surface area contributed by atoms with Crippen molar-refractivity contribution in [3.05, 3.63) is 0 Å². The van der Waals surface area contributed by atoms with Gasteiger partial charge in [-0.25, -0.2) is 0 Å². The van der Waals surface area contributed by atoms with E-state index >= 15 is 0 Å². The minimum atomic E-state index is 0.592. The molecule has 0 aromatic heterocycles. The Labute approximate surface area is 296 Å². The summed E-state index contributed by atoms with van der Waals surface area (Å²) in [4.78, 5) is 0. The van der Waals surface area contributed by atoms with Gasteiger partial charge in [0.25, 0.3) is 0 Å². The molecule has 0 amide bonds. The van der Waals surface area contributed by atoms with E-state index in [0.29, 0.717) is 75.8 Å². The molecule has 16 rings (SSSR count). The molecule has 16 aliphatic rings. The molecular formula is C48H74. The smallest absolute Gasteiger partial charge is 0.0224 e. The molecule has 0 aromatic rings. The van der Waals surface area contributed by atoms with Gasteiger partial charge in [0.1, 0.15) is 0 Å². The van der Waals surface area contributed by atoms with Crippen molar-refractivity contribution in [1.82, 2.24) is 0 Å². The summed E-state index contributed by atoms with van der Waals surface area (Å²) in [5.41, 5.74) is 8.73. The first-order valence-electron chi connectivity index (χ1n) is 22.0. The number of hydrogen-bond donors (Lipinski definition) is 0. The summed E-state index contributed by atoms with van der Waals surface area (Å²) in [5.74, 6) is 2.08. The molecule has 8 unspecified atom stereocenters. The van der Waals surface area contributed by atoms with Gasteiger partial charge in [-0.2, -0.15) is 0 Å². The van der Waals surface area contributed by atoms with Crippen LogP contribution in [-0.4, -0.2) is 0 Å². The normalized spacial score (nSPS) is 73.0. The molecule has 48 heavy (non-hydrogen) atoms. The van der Waals surface area contributed by atoms with Gasteiger partial charge >= 0.3 is 0 Å². The van der Waals surface area contributed by atoms with Crippen molar-refractivity contribution in [2.45, 2.75) is 209 Å². The first kappa shape index (κ1) is 30.5. The predicted octanol–water partition coefficient (Wildman–Crippen LogP) is 13.7. The minimum Gasteiger partial charge on any atom is -0.0596 e. The Hall–Kier alpha value is 0. The summed E-state index contributed by atoms with van der Waals surface area (Å²) in [7, 11) is 0. The van der Waals surface area contributed by atoms with Crippen LogP contribution in [0.15, 0.2) is 0 Å². The summed E-state index contributed by atoms with van der Waals surface area (Å²) in [6.45, 7) is 22.8. The first-order valence-corrected chi connectivity index (χ1v) is 22.0. The van der Waals surface area contributed by atoms with Crippen LogP contribution in [0.3, 0.4) is 0 Å². The van der Waals surface area contributed by atoms with E-state index in [1.165, 1.54) is 0 Å². The Bertz CT molecular complexity index is 1350.